The first-order valence-corrected chi connectivity index (χ1v) is 9.30. The van der Waals surface area contributed by atoms with Crippen molar-refractivity contribution in [2.24, 2.45) is 0 Å². The lowest BCUT2D eigenvalue weighted by Crippen LogP contribution is -2.36. The summed E-state index contributed by atoms with van der Waals surface area (Å²) in [5.74, 6) is -0.328. The van der Waals surface area contributed by atoms with Crippen LogP contribution in [0.25, 0.3) is 0 Å². The molecule has 0 spiro atoms. The van der Waals surface area contributed by atoms with E-state index in [0.717, 1.165) is 35.7 Å². The van der Waals surface area contributed by atoms with Gasteiger partial charge < -0.3 is 9.47 Å². The number of hydrogen-bond donors (Lipinski definition) is 0. The summed E-state index contributed by atoms with van der Waals surface area (Å²) < 4.78 is 36.9. The number of hydrogen-bond acceptors (Lipinski definition) is 7. The number of carbonyl (C=O) groups is 1. The predicted molar refractivity (Wildman–Crippen MR) is 97.3 cm³/mol. The van der Waals surface area contributed by atoms with Gasteiger partial charge in [-0.2, -0.15) is 0 Å². The minimum atomic E-state index is -4.18. The van der Waals surface area contributed by atoms with Crippen LogP contribution in [0.3, 0.4) is 0 Å². The van der Waals surface area contributed by atoms with Crippen LogP contribution in [0.4, 0.5) is 11.4 Å². The van der Waals surface area contributed by atoms with Crippen LogP contribution in [0, 0.1) is 10.1 Å². The van der Waals surface area contributed by atoms with Crippen molar-refractivity contribution in [3.05, 3.63) is 58.6 Å². The maximum Gasteiger partial charge on any atom is 0.326 e. The summed E-state index contributed by atoms with van der Waals surface area (Å²) in [6.45, 7) is 1.60. The number of rotatable bonds is 8. The number of sulfonamides is 1. The Morgan fingerprint density at radius 3 is 2.41 bits per heavy atom. The molecule has 0 fully saturated rings. The highest BCUT2D eigenvalue weighted by Gasteiger charge is 2.28. The highest BCUT2D eigenvalue weighted by Crippen LogP contribution is 2.28. The molecule has 0 atom stereocenters. The second-order valence-corrected chi connectivity index (χ2v) is 7.13. The lowest BCUT2D eigenvalue weighted by molar-refractivity contribution is -0.384. The Labute approximate surface area is 156 Å². The number of nitro benzene ring substituents is 1. The summed E-state index contributed by atoms with van der Waals surface area (Å²) in [4.78, 5) is 21.7. The molecule has 10 heteroatoms. The molecule has 27 heavy (non-hydrogen) atoms. The molecule has 0 heterocycles. The largest absolute Gasteiger partial charge is 0.494 e. The number of carbonyl (C=O) groups excluding carboxylic acids is 1. The minimum Gasteiger partial charge on any atom is -0.494 e. The van der Waals surface area contributed by atoms with Gasteiger partial charge in [0.05, 0.1) is 29.2 Å². The summed E-state index contributed by atoms with van der Waals surface area (Å²) in [5.41, 5.74) is -0.0449. The highest BCUT2D eigenvalue weighted by atomic mass is 32.2. The van der Waals surface area contributed by atoms with Gasteiger partial charge in [0.15, 0.2) is 0 Å². The number of esters is 1. The number of nitrogens with zero attached hydrogens (tertiary/aromatic N) is 2. The fraction of sp³-hybridized carbons (Fsp3) is 0.235. The highest BCUT2D eigenvalue weighted by molar-refractivity contribution is 7.92. The Morgan fingerprint density at radius 2 is 1.85 bits per heavy atom. The molecule has 0 N–H and O–H groups in total. The molecular formula is C17H18N2O7S. The van der Waals surface area contributed by atoms with Crippen LogP contribution < -0.4 is 9.04 Å². The quantitative estimate of drug-likeness (QED) is 0.383. The number of methoxy groups -OCH3 is 1. The van der Waals surface area contributed by atoms with Crippen molar-refractivity contribution in [3.8, 4) is 5.75 Å². The standard InChI is InChI=1S/C17H18N2O7S/c1-3-26-15-6-4-5-14(11-15)18(12-17(20)25-2)27(23,24)16-9-7-13(8-10-16)19(21)22/h4-11H,3,12H2,1-2H3. The van der Waals surface area contributed by atoms with Crippen molar-refractivity contribution in [2.75, 3.05) is 24.6 Å². The van der Waals surface area contributed by atoms with Crippen LogP contribution in [0.5, 0.6) is 5.75 Å². The van der Waals surface area contributed by atoms with Gasteiger partial charge in [0.1, 0.15) is 12.3 Å². The Kier molecular flexibility index (Phi) is 6.35. The van der Waals surface area contributed by atoms with Gasteiger partial charge in [-0.3, -0.25) is 19.2 Å². The maximum absolute atomic E-state index is 13.0. The van der Waals surface area contributed by atoms with Crippen LogP contribution in [0.15, 0.2) is 53.4 Å². The topological polar surface area (TPSA) is 116 Å². The van der Waals surface area contributed by atoms with E-state index in [-0.39, 0.29) is 16.3 Å². The molecule has 0 aliphatic carbocycles. The van der Waals surface area contributed by atoms with Crippen molar-refractivity contribution >= 4 is 27.4 Å². The van der Waals surface area contributed by atoms with Crippen LogP contribution in [-0.4, -0.2) is 39.6 Å². The van der Waals surface area contributed by atoms with E-state index in [1.165, 1.54) is 12.1 Å². The van der Waals surface area contributed by atoms with Gasteiger partial charge in [0, 0.05) is 18.2 Å². The molecule has 9 nitrogen and oxygen atoms in total. The van der Waals surface area contributed by atoms with E-state index in [0.29, 0.717) is 12.4 Å². The number of ether oxygens (including phenoxy) is 2. The van der Waals surface area contributed by atoms with E-state index in [4.69, 9.17) is 4.74 Å². The van der Waals surface area contributed by atoms with E-state index in [9.17, 15) is 23.3 Å². The summed E-state index contributed by atoms with van der Waals surface area (Å²) in [6, 6.07) is 10.6. The van der Waals surface area contributed by atoms with Crippen LogP contribution in [0.1, 0.15) is 6.92 Å². The molecular weight excluding hydrogens is 376 g/mol. The van der Waals surface area contributed by atoms with Crippen molar-refractivity contribution < 1.29 is 27.6 Å². The van der Waals surface area contributed by atoms with Gasteiger partial charge in [0.25, 0.3) is 15.7 Å². The average molecular weight is 394 g/mol. The molecule has 2 aromatic rings. The molecule has 0 aliphatic rings. The zero-order valence-electron chi connectivity index (χ0n) is 14.7. The average Bonchev–Trinajstić information content (AvgIpc) is 2.66. The smallest absolute Gasteiger partial charge is 0.326 e. The minimum absolute atomic E-state index is 0.196. The second kappa shape index (κ2) is 8.49. The first kappa shape index (κ1) is 20.2. The molecule has 144 valence electrons. The van der Waals surface area contributed by atoms with Crippen molar-refractivity contribution in [1.29, 1.82) is 0 Å². The third-order valence-electron chi connectivity index (χ3n) is 3.55. The van der Waals surface area contributed by atoms with Crippen LogP contribution >= 0.6 is 0 Å². The summed E-state index contributed by atoms with van der Waals surface area (Å²) in [6.07, 6.45) is 0. The molecule has 0 unspecified atom stereocenters. The number of nitro groups is 1. The molecule has 0 aliphatic heterocycles. The molecule has 2 rings (SSSR count). The van der Waals surface area contributed by atoms with E-state index in [2.05, 4.69) is 4.74 Å². The zero-order chi connectivity index (χ0) is 20.0. The molecule has 2 aromatic carbocycles. The van der Waals surface area contributed by atoms with Crippen molar-refractivity contribution in [3.63, 3.8) is 0 Å². The number of anilines is 1. The summed E-state index contributed by atoms with van der Waals surface area (Å²) in [5, 5.41) is 10.8. The molecule has 0 aromatic heterocycles. The third-order valence-corrected chi connectivity index (χ3v) is 5.34. The molecule has 0 bridgehead atoms. The lowest BCUT2D eigenvalue weighted by atomic mass is 10.3. The SMILES string of the molecule is CCOc1cccc(N(CC(=O)OC)S(=O)(=O)c2ccc([N+](=O)[O-])cc2)c1. The monoisotopic (exact) mass is 394 g/mol. The van der Waals surface area contributed by atoms with Gasteiger partial charge in [-0.15, -0.1) is 0 Å². The Balaban J connectivity index is 2.50. The zero-order valence-corrected chi connectivity index (χ0v) is 15.5. The fourth-order valence-electron chi connectivity index (χ4n) is 2.26. The van der Waals surface area contributed by atoms with Gasteiger partial charge in [-0.05, 0) is 31.2 Å². The maximum atomic E-state index is 13.0. The van der Waals surface area contributed by atoms with Gasteiger partial charge in [-0.1, -0.05) is 6.07 Å². The lowest BCUT2D eigenvalue weighted by Gasteiger charge is -2.23. The first-order valence-electron chi connectivity index (χ1n) is 7.86. The van der Waals surface area contributed by atoms with E-state index < -0.39 is 27.5 Å². The third kappa shape index (κ3) is 4.73. The van der Waals surface area contributed by atoms with E-state index in [1.54, 1.807) is 19.1 Å². The predicted octanol–water partition coefficient (Wildman–Crippen LogP) is 2.36. The summed E-state index contributed by atoms with van der Waals surface area (Å²) >= 11 is 0. The van der Waals surface area contributed by atoms with Gasteiger partial charge >= 0.3 is 5.97 Å². The fourth-order valence-corrected chi connectivity index (χ4v) is 3.66. The Hall–Kier alpha value is -3.14. The number of non-ortho nitro benzene ring substituents is 1. The van der Waals surface area contributed by atoms with E-state index in [1.807, 2.05) is 0 Å². The van der Waals surface area contributed by atoms with Crippen molar-refractivity contribution in [1.82, 2.24) is 0 Å². The normalized spacial score (nSPS) is 10.9. The molecule has 0 saturated carbocycles. The van der Waals surface area contributed by atoms with E-state index >= 15 is 0 Å². The van der Waals surface area contributed by atoms with Crippen LogP contribution in [-0.2, 0) is 19.6 Å². The summed E-state index contributed by atoms with van der Waals surface area (Å²) in [7, 11) is -3.03. The Morgan fingerprint density at radius 1 is 1.19 bits per heavy atom. The Bertz CT molecular complexity index is 927. The van der Waals surface area contributed by atoms with Crippen molar-refractivity contribution in [2.45, 2.75) is 11.8 Å². The first-order chi connectivity index (χ1) is 12.8. The molecule has 0 radical (unpaired) electrons. The van der Waals surface area contributed by atoms with Gasteiger partial charge in [-0.25, -0.2) is 8.42 Å². The molecule has 0 saturated heterocycles. The van der Waals surface area contributed by atoms with Gasteiger partial charge in [0.2, 0.25) is 0 Å². The van der Waals surface area contributed by atoms with Crippen LogP contribution in [0.2, 0.25) is 0 Å². The number of benzene rings is 2. The molecule has 0 amide bonds. The second-order valence-electron chi connectivity index (χ2n) is 5.27.